The van der Waals surface area contributed by atoms with Gasteiger partial charge in [-0.2, -0.15) is 0 Å². The Bertz CT molecular complexity index is 387. The van der Waals surface area contributed by atoms with E-state index in [1.54, 1.807) is 0 Å². The minimum absolute atomic E-state index is 0.366. The molecule has 0 N–H and O–H groups in total. The van der Waals surface area contributed by atoms with Crippen LogP contribution in [0.4, 0.5) is 0 Å². The van der Waals surface area contributed by atoms with Crippen molar-refractivity contribution >= 4 is 5.78 Å². The molecule has 15 heavy (non-hydrogen) atoms. The highest BCUT2D eigenvalue weighted by molar-refractivity contribution is 5.90. The average Bonchev–Trinajstić information content (AvgIpc) is 2.73. The van der Waals surface area contributed by atoms with E-state index >= 15 is 0 Å². The second-order valence-corrected chi connectivity index (χ2v) is 7.24. The van der Waals surface area contributed by atoms with Gasteiger partial charge in [0.15, 0.2) is 0 Å². The zero-order valence-corrected chi connectivity index (χ0v) is 9.97. The van der Waals surface area contributed by atoms with Gasteiger partial charge in [-0.25, -0.2) is 0 Å². The molecule has 0 saturated heterocycles. The first-order valence-electron chi connectivity index (χ1n) is 6.48. The summed E-state index contributed by atoms with van der Waals surface area (Å²) >= 11 is 0. The largest absolute Gasteiger partial charge is 0.299 e. The summed E-state index contributed by atoms with van der Waals surface area (Å²) in [6.45, 7) is 7.40. The molecular formula is C14H20O. The number of carbonyl (C=O) groups excluding carboxylic acids is 1. The van der Waals surface area contributed by atoms with Crippen molar-refractivity contribution in [1.29, 1.82) is 0 Å². The molecule has 0 amide bonds. The van der Waals surface area contributed by atoms with E-state index in [4.69, 9.17) is 0 Å². The number of hydrogen-bond donors (Lipinski definition) is 0. The van der Waals surface area contributed by atoms with E-state index in [1.807, 2.05) is 0 Å². The van der Waals surface area contributed by atoms with Gasteiger partial charge in [-0.1, -0.05) is 27.2 Å². The van der Waals surface area contributed by atoms with Gasteiger partial charge >= 0.3 is 0 Å². The Morgan fingerprint density at radius 2 is 1.73 bits per heavy atom. The molecule has 4 aliphatic rings. The Kier molecular flexibility index (Phi) is 1.13. The maximum absolute atomic E-state index is 12.0. The zero-order chi connectivity index (χ0) is 10.6. The van der Waals surface area contributed by atoms with Gasteiger partial charge in [0.1, 0.15) is 5.78 Å². The van der Waals surface area contributed by atoms with E-state index < -0.39 is 0 Å². The molecule has 4 saturated carbocycles. The standard InChI is InChI=1S/C14H20O/c1-12-5-4-6-14(12,3)13(2)7-8(15)9-10(12)11(9)13/h9-11H,4-7H2,1-3H3/t9-,10+,11-,12+,13-,14+/m1/s1. The minimum atomic E-state index is 0.366. The summed E-state index contributed by atoms with van der Waals surface area (Å²) in [5.74, 6) is 2.65. The van der Waals surface area contributed by atoms with Crippen molar-refractivity contribution in [3.05, 3.63) is 0 Å². The van der Waals surface area contributed by atoms with E-state index in [-0.39, 0.29) is 0 Å². The van der Waals surface area contributed by atoms with Gasteiger partial charge in [0.25, 0.3) is 0 Å². The second-order valence-electron chi connectivity index (χ2n) is 7.24. The molecule has 0 aliphatic heterocycles. The topological polar surface area (TPSA) is 17.1 Å². The normalized spacial score (nSPS) is 69.5. The van der Waals surface area contributed by atoms with Crippen LogP contribution in [0.5, 0.6) is 0 Å². The highest BCUT2D eigenvalue weighted by Gasteiger charge is 2.85. The van der Waals surface area contributed by atoms with Crippen LogP contribution in [0.2, 0.25) is 0 Å². The third-order valence-corrected chi connectivity index (χ3v) is 7.30. The molecule has 4 rings (SSSR count). The molecule has 0 spiro atoms. The Balaban J connectivity index is 1.95. The minimum Gasteiger partial charge on any atom is -0.299 e. The molecule has 0 aromatic carbocycles. The van der Waals surface area contributed by atoms with Crippen molar-refractivity contribution in [3.8, 4) is 0 Å². The van der Waals surface area contributed by atoms with Crippen LogP contribution >= 0.6 is 0 Å². The SMILES string of the molecule is C[C@]12CCC[C@@]1(C)[C@H]1[C@H]3C(=O)C[C@]2(C)[C@H]31. The molecule has 0 radical (unpaired) electrons. The van der Waals surface area contributed by atoms with E-state index in [1.165, 1.54) is 19.3 Å². The lowest BCUT2D eigenvalue weighted by molar-refractivity contribution is -0.120. The fourth-order valence-corrected chi connectivity index (χ4v) is 6.30. The van der Waals surface area contributed by atoms with Gasteiger partial charge in [0.05, 0.1) is 0 Å². The van der Waals surface area contributed by atoms with Crippen LogP contribution in [-0.2, 0) is 4.79 Å². The van der Waals surface area contributed by atoms with Crippen molar-refractivity contribution in [2.75, 3.05) is 0 Å². The van der Waals surface area contributed by atoms with Crippen LogP contribution < -0.4 is 0 Å². The molecule has 0 bridgehead atoms. The number of fused-ring (bicyclic) bond motifs is 4. The molecular weight excluding hydrogens is 184 g/mol. The van der Waals surface area contributed by atoms with Crippen molar-refractivity contribution in [1.82, 2.24) is 0 Å². The van der Waals surface area contributed by atoms with Crippen molar-refractivity contribution in [2.45, 2.75) is 46.5 Å². The number of hydrogen-bond acceptors (Lipinski definition) is 1. The Hall–Kier alpha value is -0.330. The van der Waals surface area contributed by atoms with Crippen molar-refractivity contribution in [3.63, 3.8) is 0 Å². The lowest BCUT2D eigenvalue weighted by atomic mass is 9.57. The molecule has 0 aromatic heterocycles. The fourth-order valence-electron chi connectivity index (χ4n) is 6.30. The third kappa shape index (κ3) is 0.580. The molecule has 0 aromatic rings. The maximum Gasteiger partial charge on any atom is 0.137 e. The van der Waals surface area contributed by atoms with Crippen LogP contribution in [-0.4, -0.2) is 5.78 Å². The summed E-state index contributed by atoms with van der Waals surface area (Å²) in [7, 11) is 0. The first-order valence-corrected chi connectivity index (χ1v) is 6.48. The molecule has 0 unspecified atom stereocenters. The Labute approximate surface area is 91.6 Å². The average molecular weight is 204 g/mol. The van der Waals surface area contributed by atoms with Crippen LogP contribution in [0.3, 0.4) is 0 Å². The Morgan fingerprint density at radius 1 is 1.07 bits per heavy atom. The molecule has 4 aliphatic carbocycles. The summed E-state index contributed by atoms with van der Waals surface area (Å²) in [5, 5.41) is 0. The van der Waals surface area contributed by atoms with Gasteiger partial charge < -0.3 is 0 Å². The highest BCUT2D eigenvalue weighted by atomic mass is 16.1. The van der Waals surface area contributed by atoms with E-state index in [2.05, 4.69) is 20.8 Å². The van der Waals surface area contributed by atoms with Crippen LogP contribution in [0.1, 0.15) is 46.5 Å². The highest BCUT2D eigenvalue weighted by Crippen LogP contribution is 2.88. The van der Waals surface area contributed by atoms with Gasteiger partial charge in [-0.3, -0.25) is 4.79 Å². The summed E-state index contributed by atoms with van der Waals surface area (Å²) in [4.78, 5) is 12.0. The summed E-state index contributed by atoms with van der Waals surface area (Å²) in [6, 6.07) is 0. The molecule has 82 valence electrons. The van der Waals surface area contributed by atoms with Gasteiger partial charge in [-0.15, -0.1) is 0 Å². The lowest BCUT2D eigenvalue weighted by Gasteiger charge is -2.46. The number of rotatable bonds is 0. The van der Waals surface area contributed by atoms with Crippen molar-refractivity contribution in [2.24, 2.45) is 34.0 Å². The fraction of sp³-hybridized carbons (Fsp3) is 0.929. The van der Waals surface area contributed by atoms with Gasteiger partial charge in [0, 0.05) is 12.3 Å². The number of Topliss-reactive ketones (excluding diaryl/α,β-unsaturated/α-hetero) is 1. The van der Waals surface area contributed by atoms with Crippen LogP contribution in [0.25, 0.3) is 0 Å². The van der Waals surface area contributed by atoms with Crippen LogP contribution in [0, 0.1) is 34.0 Å². The van der Waals surface area contributed by atoms with E-state index in [0.717, 1.165) is 18.3 Å². The Morgan fingerprint density at radius 3 is 2.47 bits per heavy atom. The first-order chi connectivity index (χ1) is 6.96. The predicted molar refractivity (Wildman–Crippen MR) is 58.3 cm³/mol. The lowest BCUT2D eigenvalue weighted by Crippen LogP contribution is -2.41. The number of ketones is 1. The molecule has 0 heterocycles. The summed E-state index contributed by atoms with van der Waals surface area (Å²) in [5.41, 5.74) is 1.34. The molecule has 6 atom stereocenters. The smallest absolute Gasteiger partial charge is 0.137 e. The molecule has 4 fully saturated rings. The monoisotopic (exact) mass is 204 g/mol. The van der Waals surface area contributed by atoms with E-state index in [9.17, 15) is 4.79 Å². The first kappa shape index (κ1) is 8.78. The zero-order valence-electron chi connectivity index (χ0n) is 9.97. The maximum atomic E-state index is 12.0. The quantitative estimate of drug-likeness (QED) is 0.592. The van der Waals surface area contributed by atoms with Crippen LogP contribution in [0.15, 0.2) is 0 Å². The summed E-state index contributed by atoms with van der Waals surface area (Å²) in [6.07, 6.45) is 5.04. The van der Waals surface area contributed by atoms with Crippen molar-refractivity contribution < 1.29 is 4.79 Å². The third-order valence-electron chi connectivity index (χ3n) is 7.30. The molecule has 1 nitrogen and oxygen atoms in total. The second kappa shape index (κ2) is 1.94. The van der Waals surface area contributed by atoms with Gasteiger partial charge in [-0.05, 0) is 40.9 Å². The van der Waals surface area contributed by atoms with Gasteiger partial charge in [0.2, 0.25) is 0 Å². The predicted octanol–water partition coefficient (Wildman–Crippen LogP) is 3.04. The summed E-state index contributed by atoms with van der Waals surface area (Å²) < 4.78 is 0. The molecule has 1 heteroatoms. The number of carbonyl (C=O) groups is 1. The van der Waals surface area contributed by atoms with E-state index in [0.29, 0.717) is 27.9 Å².